The first-order valence-electron chi connectivity index (χ1n) is 6.99. The number of hydrogen-bond donors (Lipinski definition) is 0. The lowest BCUT2D eigenvalue weighted by atomic mass is 9.97. The van der Waals surface area contributed by atoms with Gasteiger partial charge in [0.25, 0.3) is 0 Å². The molecule has 0 spiro atoms. The van der Waals surface area contributed by atoms with Gasteiger partial charge in [-0.2, -0.15) is 0 Å². The van der Waals surface area contributed by atoms with E-state index in [0.717, 1.165) is 0 Å². The van der Waals surface area contributed by atoms with E-state index in [-0.39, 0.29) is 0 Å². The van der Waals surface area contributed by atoms with Gasteiger partial charge in [-0.05, 0) is 41.5 Å². The smallest absolute Gasteiger partial charge is 0.320 e. The lowest BCUT2D eigenvalue weighted by molar-refractivity contribution is -0.177. The van der Waals surface area contributed by atoms with Crippen molar-refractivity contribution in [2.75, 3.05) is 13.6 Å². The molecule has 0 saturated heterocycles. The summed E-state index contributed by atoms with van der Waals surface area (Å²) in [5.41, 5.74) is -1.44. The standard InChI is InChI=1S/C15H24O8/c1-14(2,3)12(18)22-8-20-10(16)7-11(17)21-9-23-13(19)15(4,5)6/h7-9H2,1-6H3. The Morgan fingerprint density at radius 2 is 0.913 bits per heavy atom. The summed E-state index contributed by atoms with van der Waals surface area (Å²) in [5.74, 6) is -2.92. The minimum Gasteiger partial charge on any atom is -0.427 e. The van der Waals surface area contributed by atoms with Crippen LogP contribution >= 0.6 is 0 Å². The quantitative estimate of drug-likeness (QED) is 0.410. The summed E-state index contributed by atoms with van der Waals surface area (Å²) in [6.07, 6.45) is -0.680. The van der Waals surface area contributed by atoms with Crippen molar-refractivity contribution in [2.24, 2.45) is 10.8 Å². The molecule has 0 N–H and O–H groups in total. The molecule has 8 nitrogen and oxygen atoms in total. The van der Waals surface area contributed by atoms with Crippen molar-refractivity contribution >= 4 is 23.9 Å². The molecule has 0 aliphatic heterocycles. The highest BCUT2D eigenvalue weighted by Crippen LogP contribution is 2.15. The van der Waals surface area contributed by atoms with E-state index in [4.69, 9.17) is 9.47 Å². The number of carbonyl (C=O) groups is 4. The van der Waals surface area contributed by atoms with Crippen LogP contribution in [0.1, 0.15) is 48.0 Å². The van der Waals surface area contributed by atoms with E-state index in [2.05, 4.69) is 9.47 Å². The number of rotatable bonds is 6. The minimum absolute atomic E-state index is 0.540. The van der Waals surface area contributed by atoms with Crippen LogP contribution in [-0.4, -0.2) is 37.5 Å². The summed E-state index contributed by atoms with van der Waals surface area (Å²) in [7, 11) is 0. The van der Waals surface area contributed by atoms with Crippen LogP contribution in [0.3, 0.4) is 0 Å². The van der Waals surface area contributed by atoms with Crippen LogP contribution in [0.4, 0.5) is 0 Å². The Morgan fingerprint density at radius 3 is 1.17 bits per heavy atom. The van der Waals surface area contributed by atoms with Crippen LogP contribution in [0.2, 0.25) is 0 Å². The average molecular weight is 332 g/mol. The molecule has 8 heteroatoms. The van der Waals surface area contributed by atoms with Gasteiger partial charge in [0.2, 0.25) is 13.6 Å². The Bertz CT molecular complexity index is 411. The van der Waals surface area contributed by atoms with Crippen LogP contribution in [0.5, 0.6) is 0 Å². The predicted octanol–water partition coefficient (Wildman–Crippen LogP) is 1.56. The molecule has 0 fully saturated rings. The van der Waals surface area contributed by atoms with E-state index >= 15 is 0 Å². The molecular weight excluding hydrogens is 308 g/mol. The summed E-state index contributed by atoms with van der Waals surface area (Å²) >= 11 is 0. The second-order valence-electron chi connectivity index (χ2n) is 6.81. The third-order valence-electron chi connectivity index (χ3n) is 2.33. The summed E-state index contributed by atoms with van der Waals surface area (Å²) < 4.78 is 18.5. The highest BCUT2D eigenvalue weighted by atomic mass is 16.7. The van der Waals surface area contributed by atoms with Gasteiger partial charge in [0.05, 0.1) is 10.8 Å². The van der Waals surface area contributed by atoms with Gasteiger partial charge in [-0.25, -0.2) is 0 Å². The zero-order valence-corrected chi connectivity index (χ0v) is 14.4. The summed E-state index contributed by atoms with van der Waals surface area (Å²) in [5, 5.41) is 0. The third-order valence-corrected chi connectivity index (χ3v) is 2.33. The zero-order chi connectivity index (χ0) is 18.3. The van der Waals surface area contributed by atoms with Crippen molar-refractivity contribution in [2.45, 2.75) is 48.0 Å². The van der Waals surface area contributed by atoms with Crippen LogP contribution in [0.25, 0.3) is 0 Å². The molecular formula is C15H24O8. The van der Waals surface area contributed by atoms with E-state index in [0.29, 0.717) is 0 Å². The fourth-order valence-electron chi connectivity index (χ4n) is 0.950. The Morgan fingerprint density at radius 1 is 0.609 bits per heavy atom. The molecule has 0 aromatic carbocycles. The Balaban J connectivity index is 3.93. The van der Waals surface area contributed by atoms with E-state index in [1.54, 1.807) is 41.5 Å². The van der Waals surface area contributed by atoms with Gasteiger partial charge in [-0.1, -0.05) is 0 Å². The summed E-state index contributed by atoms with van der Waals surface area (Å²) in [4.78, 5) is 45.4. The highest BCUT2D eigenvalue weighted by Gasteiger charge is 2.24. The molecule has 0 bridgehead atoms. The van der Waals surface area contributed by atoms with Gasteiger partial charge in [-0.15, -0.1) is 0 Å². The van der Waals surface area contributed by atoms with Crippen LogP contribution in [0.15, 0.2) is 0 Å². The number of hydrogen-bond acceptors (Lipinski definition) is 8. The van der Waals surface area contributed by atoms with Crippen molar-refractivity contribution in [3.05, 3.63) is 0 Å². The highest BCUT2D eigenvalue weighted by molar-refractivity contribution is 5.91. The number of carbonyl (C=O) groups excluding carboxylic acids is 4. The Labute approximate surface area is 135 Å². The molecule has 0 heterocycles. The van der Waals surface area contributed by atoms with Gasteiger partial charge < -0.3 is 18.9 Å². The summed E-state index contributed by atoms with van der Waals surface area (Å²) in [6, 6.07) is 0. The molecule has 0 atom stereocenters. The SMILES string of the molecule is CC(C)(C)C(=O)OCOC(=O)CC(=O)OCOC(=O)C(C)(C)C. The maximum absolute atomic E-state index is 11.4. The topological polar surface area (TPSA) is 105 Å². The largest absolute Gasteiger partial charge is 0.427 e. The molecule has 132 valence electrons. The predicted molar refractivity (Wildman–Crippen MR) is 77.6 cm³/mol. The van der Waals surface area contributed by atoms with Crippen molar-refractivity contribution in [3.63, 3.8) is 0 Å². The second-order valence-corrected chi connectivity index (χ2v) is 6.81. The Kier molecular flexibility index (Phi) is 7.71. The van der Waals surface area contributed by atoms with Gasteiger partial charge in [0.1, 0.15) is 6.42 Å². The van der Waals surface area contributed by atoms with Gasteiger partial charge >= 0.3 is 23.9 Å². The maximum Gasteiger partial charge on any atom is 0.320 e. The molecule has 0 saturated carbocycles. The van der Waals surface area contributed by atoms with Gasteiger partial charge in [0.15, 0.2) is 0 Å². The fraction of sp³-hybridized carbons (Fsp3) is 0.733. The van der Waals surface area contributed by atoms with Crippen LogP contribution < -0.4 is 0 Å². The number of ether oxygens (including phenoxy) is 4. The van der Waals surface area contributed by atoms with Crippen LogP contribution in [0, 0.1) is 10.8 Å². The maximum atomic E-state index is 11.4. The first-order valence-corrected chi connectivity index (χ1v) is 6.99. The lowest BCUT2D eigenvalue weighted by Gasteiger charge is -2.16. The molecule has 0 aliphatic rings. The monoisotopic (exact) mass is 332 g/mol. The second kappa shape index (κ2) is 8.50. The Hall–Kier alpha value is -2.12. The number of esters is 4. The first kappa shape index (κ1) is 20.9. The molecule has 23 heavy (non-hydrogen) atoms. The first-order chi connectivity index (χ1) is 10.3. The van der Waals surface area contributed by atoms with E-state index in [9.17, 15) is 19.2 Å². The van der Waals surface area contributed by atoms with Crippen molar-refractivity contribution < 1.29 is 38.1 Å². The van der Waals surface area contributed by atoms with Gasteiger partial charge in [0, 0.05) is 0 Å². The average Bonchev–Trinajstić information content (AvgIpc) is 2.35. The fourth-order valence-corrected chi connectivity index (χ4v) is 0.950. The normalized spacial score (nSPS) is 11.4. The molecule has 0 radical (unpaired) electrons. The van der Waals surface area contributed by atoms with E-state index < -0.39 is 54.7 Å². The van der Waals surface area contributed by atoms with Gasteiger partial charge in [-0.3, -0.25) is 19.2 Å². The molecule has 0 rings (SSSR count). The third kappa shape index (κ3) is 9.49. The van der Waals surface area contributed by atoms with E-state index in [1.165, 1.54) is 0 Å². The molecule has 0 amide bonds. The van der Waals surface area contributed by atoms with Crippen molar-refractivity contribution in [3.8, 4) is 0 Å². The van der Waals surface area contributed by atoms with Crippen LogP contribution in [-0.2, 0) is 38.1 Å². The van der Waals surface area contributed by atoms with Crippen molar-refractivity contribution in [1.82, 2.24) is 0 Å². The van der Waals surface area contributed by atoms with Crippen molar-refractivity contribution in [1.29, 1.82) is 0 Å². The zero-order valence-electron chi connectivity index (χ0n) is 14.4. The molecule has 0 aromatic heterocycles. The lowest BCUT2D eigenvalue weighted by Crippen LogP contribution is -2.26. The minimum atomic E-state index is -0.918. The summed E-state index contributed by atoms with van der Waals surface area (Å²) in [6.45, 7) is 8.71. The molecule has 0 aliphatic carbocycles. The molecule has 0 aromatic rings. The molecule has 0 unspecified atom stereocenters. The van der Waals surface area contributed by atoms with E-state index in [1.807, 2.05) is 0 Å².